The molecule has 7 heteroatoms. The molecule has 1 heterocycles. The van der Waals surface area contributed by atoms with E-state index in [1.54, 1.807) is 4.90 Å². The first-order valence-corrected chi connectivity index (χ1v) is 11.6. The molecule has 0 atom stereocenters. The summed E-state index contributed by atoms with van der Waals surface area (Å²) in [5.41, 5.74) is 1.11. The zero-order chi connectivity index (χ0) is 21.8. The number of nitrogens with zero attached hydrogens (tertiary/aromatic N) is 2. The van der Waals surface area contributed by atoms with Gasteiger partial charge in [0.2, 0.25) is 5.91 Å². The summed E-state index contributed by atoms with van der Waals surface area (Å²) in [5.74, 6) is -2.05. The zero-order valence-electron chi connectivity index (χ0n) is 18.0. The van der Waals surface area contributed by atoms with Gasteiger partial charge in [-0.1, -0.05) is 6.08 Å². The highest BCUT2D eigenvalue weighted by Crippen LogP contribution is 2.29. The average molecular weight is 436 g/mol. The van der Waals surface area contributed by atoms with E-state index in [2.05, 4.69) is 16.3 Å². The Balaban J connectivity index is 1.15. The van der Waals surface area contributed by atoms with Gasteiger partial charge < -0.3 is 10.2 Å². The Hall–Kier alpha value is -2.02. The number of carbonyl (C=O) groups excluding carboxylic acids is 1. The maximum atomic E-state index is 14.0. The molecule has 1 aromatic rings. The van der Waals surface area contributed by atoms with E-state index < -0.39 is 17.5 Å². The van der Waals surface area contributed by atoms with Crippen molar-refractivity contribution >= 4 is 11.6 Å². The van der Waals surface area contributed by atoms with E-state index in [1.807, 2.05) is 0 Å². The fourth-order valence-electron chi connectivity index (χ4n) is 5.08. The van der Waals surface area contributed by atoms with Gasteiger partial charge >= 0.3 is 0 Å². The van der Waals surface area contributed by atoms with Gasteiger partial charge in [-0.3, -0.25) is 9.69 Å². The number of carbonyl (C=O) groups is 1. The Bertz CT molecular complexity index is 813. The molecule has 0 aromatic heterocycles. The van der Waals surface area contributed by atoms with Crippen LogP contribution in [0.3, 0.4) is 0 Å². The van der Waals surface area contributed by atoms with Crippen molar-refractivity contribution < 1.29 is 18.0 Å². The number of benzene rings is 1. The Morgan fingerprint density at radius 1 is 0.968 bits per heavy atom. The third kappa shape index (κ3) is 5.62. The van der Waals surface area contributed by atoms with Crippen LogP contribution in [-0.4, -0.2) is 49.6 Å². The largest absolute Gasteiger partial charge is 0.367 e. The predicted molar refractivity (Wildman–Crippen MR) is 115 cm³/mol. The molecule has 0 spiro atoms. The second-order valence-electron chi connectivity index (χ2n) is 9.15. The van der Waals surface area contributed by atoms with Gasteiger partial charge in [-0.25, -0.2) is 13.2 Å². The van der Waals surface area contributed by atoms with Crippen LogP contribution in [0.15, 0.2) is 23.8 Å². The Morgan fingerprint density at radius 3 is 2.35 bits per heavy atom. The summed E-state index contributed by atoms with van der Waals surface area (Å²) < 4.78 is 40.7. The molecule has 2 fully saturated rings. The van der Waals surface area contributed by atoms with Crippen molar-refractivity contribution in [3.05, 3.63) is 41.2 Å². The molecule has 3 aliphatic rings. The molecule has 0 radical (unpaired) electrons. The summed E-state index contributed by atoms with van der Waals surface area (Å²) in [6, 6.07) is 1.89. The molecule has 1 aromatic carbocycles. The Labute approximate surface area is 182 Å². The van der Waals surface area contributed by atoms with Gasteiger partial charge in [-0.05, 0) is 63.8 Å². The summed E-state index contributed by atoms with van der Waals surface area (Å²) >= 11 is 0. The summed E-state index contributed by atoms with van der Waals surface area (Å²) in [4.78, 5) is 16.4. The van der Waals surface area contributed by atoms with Gasteiger partial charge in [0.25, 0.3) is 0 Å². The van der Waals surface area contributed by atoms with E-state index in [0.29, 0.717) is 31.1 Å². The summed E-state index contributed by atoms with van der Waals surface area (Å²) in [5, 5.41) is 3.22. The van der Waals surface area contributed by atoms with Crippen LogP contribution in [0.1, 0.15) is 51.4 Å². The highest BCUT2D eigenvalue weighted by atomic mass is 19.2. The maximum absolute atomic E-state index is 14.0. The third-order valence-electron chi connectivity index (χ3n) is 7.07. The first-order chi connectivity index (χ1) is 15.0. The SMILES string of the molecule is O=C(N[C@H]1CC[C@H](CCN2CCN(c3cc(F)c(F)cc3F)CC2)CC1)C1=CCCC1. The molecule has 0 bridgehead atoms. The van der Waals surface area contributed by atoms with E-state index in [9.17, 15) is 18.0 Å². The average Bonchev–Trinajstić information content (AvgIpc) is 3.31. The van der Waals surface area contributed by atoms with Crippen LogP contribution in [0.4, 0.5) is 18.9 Å². The van der Waals surface area contributed by atoms with Gasteiger partial charge in [0.05, 0.1) is 5.69 Å². The van der Waals surface area contributed by atoms with Crippen molar-refractivity contribution in [1.29, 1.82) is 0 Å². The normalized spacial score (nSPS) is 24.9. The van der Waals surface area contributed by atoms with Crippen LogP contribution in [0, 0.1) is 23.4 Å². The van der Waals surface area contributed by atoms with Crippen LogP contribution in [0.5, 0.6) is 0 Å². The lowest BCUT2D eigenvalue weighted by atomic mass is 9.84. The first-order valence-electron chi connectivity index (χ1n) is 11.6. The molecule has 170 valence electrons. The van der Waals surface area contributed by atoms with Crippen LogP contribution in [0.2, 0.25) is 0 Å². The van der Waals surface area contributed by atoms with Crippen LogP contribution >= 0.6 is 0 Å². The summed E-state index contributed by atoms with van der Waals surface area (Å²) in [7, 11) is 0. The van der Waals surface area contributed by atoms with Gasteiger partial charge in [0.1, 0.15) is 5.82 Å². The number of anilines is 1. The molecular formula is C24H32F3N3O. The lowest BCUT2D eigenvalue weighted by molar-refractivity contribution is -0.118. The maximum Gasteiger partial charge on any atom is 0.247 e. The van der Waals surface area contributed by atoms with Crippen LogP contribution < -0.4 is 10.2 Å². The Kier molecular flexibility index (Phi) is 7.20. The topological polar surface area (TPSA) is 35.6 Å². The van der Waals surface area contributed by atoms with Crippen molar-refractivity contribution in [2.24, 2.45) is 5.92 Å². The zero-order valence-corrected chi connectivity index (χ0v) is 18.0. The number of hydrogen-bond acceptors (Lipinski definition) is 3. The second kappa shape index (κ2) is 10.1. The fraction of sp³-hybridized carbons (Fsp3) is 0.625. The van der Waals surface area contributed by atoms with Crippen LogP contribution in [-0.2, 0) is 4.79 Å². The Morgan fingerprint density at radius 2 is 1.68 bits per heavy atom. The van der Waals surface area contributed by atoms with Gasteiger partial charge in [0, 0.05) is 49.9 Å². The molecule has 1 aliphatic heterocycles. The molecule has 31 heavy (non-hydrogen) atoms. The summed E-state index contributed by atoms with van der Waals surface area (Å²) in [6.07, 6.45) is 10.6. The number of nitrogens with one attached hydrogen (secondary N) is 1. The fourth-order valence-corrected chi connectivity index (χ4v) is 5.08. The molecule has 2 aliphatic carbocycles. The summed E-state index contributed by atoms with van der Waals surface area (Å²) in [6.45, 7) is 3.80. The molecule has 1 saturated carbocycles. The predicted octanol–water partition coefficient (Wildman–Crippen LogP) is 4.40. The monoisotopic (exact) mass is 435 g/mol. The van der Waals surface area contributed by atoms with Crippen molar-refractivity contribution in [2.75, 3.05) is 37.6 Å². The number of hydrogen-bond donors (Lipinski definition) is 1. The van der Waals surface area contributed by atoms with E-state index in [0.717, 1.165) is 82.6 Å². The lowest BCUT2D eigenvalue weighted by Crippen LogP contribution is -2.47. The minimum atomic E-state index is -1.15. The number of piperazine rings is 1. The molecular weight excluding hydrogens is 403 g/mol. The number of halogens is 3. The standard InChI is InChI=1S/C24H32F3N3O/c25-20-15-22(27)23(16-21(20)26)30-13-11-29(12-14-30)10-9-17-5-7-19(8-6-17)28-24(31)18-3-1-2-4-18/h3,15-17,19H,1-2,4-14H2,(H,28,31)/t17-,19-. The van der Waals surface area contributed by atoms with Crippen molar-refractivity contribution in [2.45, 2.75) is 57.4 Å². The number of amides is 1. The van der Waals surface area contributed by atoms with Crippen molar-refractivity contribution in [3.63, 3.8) is 0 Å². The highest BCUT2D eigenvalue weighted by Gasteiger charge is 2.26. The smallest absolute Gasteiger partial charge is 0.247 e. The van der Waals surface area contributed by atoms with E-state index in [4.69, 9.17) is 0 Å². The van der Waals surface area contributed by atoms with Gasteiger partial charge in [-0.2, -0.15) is 0 Å². The highest BCUT2D eigenvalue weighted by molar-refractivity contribution is 5.93. The van der Waals surface area contributed by atoms with Crippen molar-refractivity contribution in [1.82, 2.24) is 10.2 Å². The molecule has 1 saturated heterocycles. The van der Waals surface area contributed by atoms with E-state index in [-0.39, 0.29) is 11.6 Å². The van der Waals surface area contributed by atoms with E-state index in [1.165, 1.54) is 0 Å². The quantitative estimate of drug-likeness (QED) is 0.673. The van der Waals surface area contributed by atoms with Gasteiger partial charge in [0.15, 0.2) is 11.6 Å². The lowest BCUT2D eigenvalue weighted by Gasteiger charge is -2.37. The minimum absolute atomic E-state index is 0.135. The van der Waals surface area contributed by atoms with Crippen molar-refractivity contribution in [3.8, 4) is 0 Å². The van der Waals surface area contributed by atoms with Crippen LogP contribution in [0.25, 0.3) is 0 Å². The minimum Gasteiger partial charge on any atom is -0.367 e. The number of rotatable bonds is 6. The molecule has 1 N–H and O–H groups in total. The first kappa shape index (κ1) is 22.2. The number of allylic oxidation sites excluding steroid dienone is 1. The molecule has 1 amide bonds. The molecule has 4 nitrogen and oxygen atoms in total. The third-order valence-corrected chi connectivity index (χ3v) is 7.07. The second-order valence-corrected chi connectivity index (χ2v) is 9.15. The molecule has 4 rings (SSSR count). The van der Waals surface area contributed by atoms with E-state index >= 15 is 0 Å². The molecule has 0 unspecified atom stereocenters. The van der Waals surface area contributed by atoms with Gasteiger partial charge in [-0.15, -0.1) is 0 Å².